The molecule has 1 aromatic carbocycles. The summed E-state index contributed by atoms with van der Waals surface area (Å²) in [6, 6.07) is 6.38. The maximum atomic E-state index is 12.6. The molecule has 2 fully saturated rings. The average Bonchev–Trinajstić information content (AvgIpc) is 3.27. The minimum atomic E-state index is -0.583. The molecule has 1 amide bonds. The van der Waals surface area contributed by atoms with Gasteiger partial charge in [0.05, 0.1) is 39.9 Å². The van der Waals surface area contributed by atoms with E-state index in [4.69, 9.17) is 15.6 Å². The van der Waals surface area contributed by atoms with Crippen molar-refractivity contribution >= 4 is 40.1 Å². The number of fused-ring (bicyclic) bond motifs is 2. The Morgan fingerprint density at radius 2 is 1.97 bits per heavy atom. The number of anilines is 1. The molecule has 4 heterocycles. The van der Waals surface area contributed by atoms with Crippen LogP contribution in [0.1, 0.15) is 73.7 Å². The van der Waals surface area contributed by atoms with Crippen molar-refractivity contribution in [2.75, 3.05) is 18.8 Å². The predicted octanol–water partition coefficient (Wildman–Crippen LogP) is 4.09. The van der Waals surface area contributed by atoms with Gasteiger partial charge in [-0.05, 0) is 64.2 Å². The van der Waals surface area contributed by atoms with Gasteiger partial charge in [-0.2, -0.15) is 5.10 Å². The zero-order valence-corrected chi connectivity index (χ0v) is 21.6. The van der Waals surface area contributed by atoms with Crippen molar-refractivity contribution < 1.29 is 14.3 Å². The summed E-state index contributed by atoms with van der Waals surface area (Å²) >= 11 is 0. The first kappa shape index (κ1) is 24.0. The zero-order chi connectivity index (χ0) is 26.6. The van der Waals surface area contributed by atoms with Gasteiger partial charge in [0.1, 0.15) is 17.1 Å². The van der Waals surface area contributed by atoms with E-state index in [1.54, 1.807) is 9.58 Å². The van der Waals surface area contributed by atoms with Gasteiger partial charge in [-0.25, -0.2) is 14.8 Å². The first-order valence-corrected chi connectivity index (χ1v) is 12.8. The Morgan fingerprint density at radius 1 is 1.16 bits per heavy atom. The van der Waals surface area contributed by atoms with Crippen LogP contribution in [-0.2, 0) is 4.74 Å². The van der Waals surface area contributed by atoms with Crippen molar-refractivity contribution in [1.82, 2.24) is 29.2 Å². The molecule has 1 aliphatic carbocycles. The normalized spacial score (nSPS) is 17.6. The third-order valence-corrected chi connectivity index (χ3v) is 6.91. The summed E-state index contributed by atoms with van der Waals surface area (Å²) in [6.45, 7) is 6.44. The highest BCUT2D eigenvalue weighted by Crippen LogP contribution is 2.37. The number of likely N-dealkylation sites (tertiary alicyclic amines) is 1. The number of imidazole rings is 1. The Hall–Kier alpha value is -4.39. The van der Waals surface area contributed by atoms with E-state index < -0.39 is 5.60 Å². The summed E-state index contributed by atoms with van der Waals surface area (Å²) in [4.78, 5) is 35.0. The van der Waals surface area contributed by atoms with E-state index in [9.17, 15) is 9.59 Å². The van der Waals surface area contributed by atoms with Crippen molar-refractivity contribution in [2.24, 2.45) is 0 Å². The fourth-order valence-electron chi connectivity index (χ4n) is 4.97. The molecule has 0 bridgehead atoms. The first-order valence-electron chi connectivity index (χ1n) is 12.8. The minimum absolute atomic E-state index is 0.163. The molecule has 0 radical (unpaired) electrons. The summed E-state index contributed by atoms with van der Waals surface area (Å²) in [6.07, 6.45) is 6.76. The van der Waals surface area contributed by atoms with Gasteiger partial charge in [-0.15, -0.1) is 0 Å². The fraction of sp³-hybridized carbons (Fsp3) is 0.393. The standard InChI is InChI=1S/C28H29N7O3/c1-28(2,3)38-27(37)33-11-10-20(14-33)35-25-18(15-36)13-30-26(29)24(25)21(32-35)8-4-17-5-9-23-22(12-17)31-16-34(23)19-6-7-19/h5,9,12-13,15-16,19-20H,6-7,10-11,14H2,1-3H3,(H2,29,30). The molecule has 4 aromatic rings. The lowest BCUT2D eigenvalue weighted by molar-refractivity contribution is 0.0288. The summed E-state index contributed by atoms with van der Waals surface area (Å²) in [5.74, 6) is 6.59. The molecule has 0 spiro atoms. The van der Waals surface area contributed by atoms with Crippen LogP contribution in [-0.4, -0.2) is 60.3 Å². The Labute approximate surface area is 219 Å². The minimum Gasteiger partial charge on any atom is -0.444 e. The molecule has 2 N–H and O–H groups in total. The van der Waals surface area contributed by atoms with Crippen molar-refractivity contribution in [2.45, 2.75) is 57.7 Å². The van der Waals surface area contributed by atoms with E-state index in [0.29, 0.717) is 47.7 Å². The third kappa shape index (κ3) is 4.34. The van der Waals surface area contributed by atoms with Gasteiger partial charge in [-0.1, -0.05) is 5.92 Å². The average molecular weight is 512 g/mol. The zero-order valence-electron chi connectivity index (χ0n) is 21.6. The van der Waals surface area contributed by atoms with Crippen molar-refractivity contribution in [3.63, 3.8) is 0 Å². The molecular weight excluding hydrogens is 482 g/mol. The summed E-state index contributed by atoms with van der Waals surface area (Å²) in [5, 5.41) is 5.33. The van der Waals surface area contributed by atoms with Crippen LogP contribution in [0.15, 0.2) is 30.7 Å². The number of aldehydes is 1. The third-order valence-electron chi connectivity index (χ3n) is 6.91. The van der Waals surface area contributed by atoms with E-state index in [1.807, 2.05) is 45.3 Å². The second-order valence-corrected chi connectivity index (χ2v) is 10.9. The number of nitrogen functional groups attached to an aromatic ring is 1. The number of amides is 1. The van der Waals surface area contributed by atoms with Crippen molar-refractivity contribution in [3.8, 4) is 11.8 Å². The molecule has 6 rings (SSSR count). The van der Waals surface area contributed by atoms with Crippen LogP contribution in [0.2, 0.25) is 0 Å². The highest BCUT2D eigenvalue weighted by atomic mass is 16.6. The van der Waals surface area contributed by atoms with E-state index >= 15 is 0 Å². The van der Waals surface area contributed by atoms with Crippen LogP contribution in [0, 0.1) is 11.8 Å². The number of aromatic nitrogens is 5. The van der Waals surface area contributed by atoms with Gasteiger partial charge >= 0.3 is 6.09 Å². The van der Waals surface area contributed by atoms with E-state index in [1.165, 1.54) is 19.0 Å². The second-order valence-electron chi connectivity index (χ2n) is 10.9. The maximum absolute atomic E-state index is 12.6. The predicted molar refractivity (Wildman–Crippen MR) is 143 cm³/mol. The monoisotopic (exact) mass is 511 g/mol. The van der Waals surface area contributed by atoms with E-state index in [2.05, 4.69) is 26.4 Å². The molecule has 1 unspecified atom stereocenters. The van der Waals surface area contributed by atoms with E-state index in [0.717, 1.165) is 22.9 Å². The highest BCUT2D eigenvalue weighted by Gasteiger charge is 2.33. The molecule has 10 heteroatoms. The van der Waals surface area contributed by atoms with Gasteiger partial charge in [-0.3, -0.25) is 9.48 Å². The highest BCUT2D eigenvalue weighted by molar-refractivity contribution is 6.02. The van der Waals surface area contributed by atoms with Gasteiger partial charge in [0.2, 0.25) is 0 Å². The van der Waals surface area contributed by atoms with Crippen LogP contribution in [0.25, 0.3) is 21.9 Å². The Kier molecular flexibility index (Phi) is 5.60. The molecule has 194 valence electrons. The molecule has 1 saturated heterocycles. The lowest BCUT2D eigenvalue weighted by Gasteiger charge is -2.24. The fourth-order valence-corrected chi connectivity index (χ4v) is 4.97. The number of ether oxygens (including phenoxy) is 1. The SMILES string of the molecule is CC(C)(C)OC(=O)N1CCC(n2nc(C#Cc3ccc4c(c3)ncn4C3CC3)c3c(N)ncc(C=O)c32)C1. The summed E-state index contributed by atoms with van der Waals surface area (Å²) in [5.41, 5.74) is 9.88. The van der Waals surface area contributed by atoms with Crippen LogP contribution >= 0.6 is 0 Å². The number of benzene rings is 1. The van der Waals surface area contributed by atoms with E-state index in [-0.39, 0.29) is 18.0 Å². The smallest absolute Gasteiger partial charge is 0.410 e. The van der Waals surface area contributed by atoms with Crippen molar-refractivity contribution in [3.05, 3.63) is 47.5 Å². The summed E-state index contributed by atoms with van der Waals surface area (Å²) < 4.78 is 9.53. The summed E-state index contributed by atoms with van der Waals surface area (Å²) in [7, 11) is 0. The van der Waals surface area contributed by atoms with Crippen LogP contribution in [0.4, 0.5) is 10.6 Å². The molecule has 1 saturated carbocycles. The molecule has 10 nitrogen and oxygen atoms in total. The first-order chi connectivity index (χ1) is 18.2. The van der Waals surface area contributed by atoms with Gasteiger partial charge in [0, 0.05) is 30.9 Å². The number of rotatable bonds is 3. The lowest BCUT2D eigenvalue weighted by atomic mass is 10.1. The number of carbonyl (C=O) groups excluding carboxylic acids is 2. The molecule has 38 heavy (non-hydrogen) atoms. The van der Waals surface area contributed by atoms with Crippen molar-refractivity contribution in [1.29, 1.82) is 0 Å². The van der Waals surface area contributed by atoms with Crippen LogP contribution < -0.4 is 5.73 Å². The molecule has 1 atom stereocenters. The Balaban J connectivity index is 1.36. The largest absolute Gasteiger partial charge is 0.444 e. The molecule has 1 aliphatic heterocycles. The Morgan fingerprint density at radius 3 is 2.71 bits per heavy atom. The molecule has 2 aliphatic rings. The second kappa shape index (κ2) is 8.87. The molecular formula is C28H29N7O3. The van der Waals surface area contributed by atoms with Crippen LogP contribution in [0.3, 0.4) is 0 Å². The van der Waals surface area contributed by atoms with Gasteiger partial charge in [0.15, 0.2) is 6.29 Å². The van der Waals surface area contributed by atoms with Crippen LogP contribution in [0.5, 0.6) is 0 Å². The Bertz CT molecular complexity index is 1650. The number of hydrogen-bond acceptors (Lipinski definition) is 7. The lowest BCUT2D eigenvalue weighted by Crippen LogP contribution is -2.35. The maximum Gasteiger partial charge on any atom is 0.410 e. The number of hydrogen-bond donors (Lipinski definition) is 1. The number of carbonyl (C=O) groups is 2. The number of nitrogens with zero attached hydrogens (tertiary/aromatic N) is 6. The quantitative estimate of drug-likeness (QED) is 0.325. The number of pyridine rings is 1. The van der Waals surface area contributed by atoms with Gasteiger partial charge in [0.25, 0.3) is 0 Å². The molecule has 3 aromatic heterocycles. The van der Waals surface area contributed by atoms with Gasteiger partial charge < -0.3 is 19.9 Å². The topological polar surface area (TPSA) is 121 Å². The number of nitrogens with two attached hydrogens (primary N) is 1.